The highest BCUT2D eigenvalue weighted by Gasteiger charge is 2.06. The summed E-state index contributed by atoms with van der Waals surface area (Å²) in [6.07, 6.45) is 1.75. The SMILES string of the molecule is CC(C)NC(=O)CCNc1ccnc(C(=O)O)c1. The lowest BCUT2D eigenvalue weighted by atomic mass is 10.3. The minimum Gasteiger partial charge on any atom is -0.477 e. The number of anilines is 1. The maximum absolute atomic E-state index is 11.4. The molecule has 18 heavy (non-hydrogen) atoms. The second-order valence-electron chi connectivity index (χ2n) is 4.13. The Morgan fingerprint density at radius 3 is 2.78 bits per heavy atom. The summed E-state index contributed by atoms with van der Waals surface area (Å²) < 4.78 is 0. The maximum atomic E-state index is 11.4. The Hall–Kier alpha value is -2.11. The first-order chi connectivity index (χ1) is 8.49. The Morgan fingerprint density at radius 1 is 1.44 bits per heavy atom. The lowest BCUT2D eigenvalue weighted by Gasteiger charge is -2.09. The number of nitrogens with one attached hydrogen (secondary N) is 2. The second kappa shape index (κ2) is 6.58. The van der Waals surface area contributed by atoms with Crippen LogP contribution in [0, 0.1) is 0 Å². The molecule has 6 heteroatoms. The van der Waals surface area contributed by atoms with Gasteiger partial charge in [0, 0.05) is 30.9 Å². The lowest BCUT2D eigenvalue weighted by molar-refractivity contribution is -0.121. The van der Waals surface area contributed by atoms with Crippen molar-refractivity contribution in [3.05, 3.63) is 24.0 Å². The molecule has 98 valence electrons. The molecule has 1 aromatic heterocycles. The summed E-state index contributed by atoms with van der Waals surface area (Å²) in [6, 6.07) is 3.21. The summed E-state index contributed by atoms with van der Waals surface area (Å²) in [6.45, 7) is 4.24. The molecule has 0 atom stereocenters. The predicted molar refractivity (Wildman–Crippen MR) is 67.6 cm³/mol. The van der Waals surface area contributed by atoms with E-state index in [1.54, 1.807) is 6.07 Å². The van der Waals surface area contributed by atoms with Gasteiger partial charge in [-0.05, 0) is 26.0 Å². The molecule has 1 heterocycles. The van der Waals surface area contributed by atoms with Crippen LogP contribution in [0.15, 0.2) is 18.3 Å². The van der Waals surface area contributed by atoms with E-state index in [0.29, 0.717) is 18.7 Å². The van der Waals surface area contributed by atoms with Crippen LogP contribution in [-0.4, -0.2) is 34.6 Å². The summed E-state index contributed by atoms with van der Waals surface area (Å²) in [5.74, 6) is -1.11. The molecule has 0 aliphatic carbocycles. The molecule has 0 unspecified atom stereocenters. The Bertz CT molecular complexity index is 432. The fourth-order valence-electron chi connectivity index (χ4n) is 1.37. The number of aromatic carboxylic acids is 1. The molecule has 0 aromatic carbocycles. The number of hydrogen-bond acceptors (Lipinski definition) is 4. The maximum Gasteiger partial charge on any atom is 0.354 e. The molecule has 1 aromatic rings. The highest BCUT2D eigenvalue weighted by atomic mass is 16.4. The quantitative estimate of drug-likeness (QED) is 0.704. The third-order valence-corrected chi connectivity index (χ3v) is 2.11. The van der Waals surface area contributed by atoms with Crippen LogP contribution in [0.2, 0.25) is 0 Å². The molecular weight excluding hydrogens is 234 g/mol. The number of carboxylic acid groups (broad SMARTS) is 1. The average molecular weight is 251 g/mol. The van der Waals surface area contributed by atoms with Gasteiger partial charge in [0.1, 0.15) is 5.69 Å². The summed E-state index contributed by atoms with van der Waals surface area (Å²) >= 11 is 0. The van der Waals surface area contributed by atoms with Crippen LogP contribution in [0.1, 0.15) is 30.8 Å². The summed E-state index contributed by atoms with van der Waals surface area (Å²) in [7, 11) is 0. The van der Waals surface area contributed by atoms with Gasteiger partial charge in [0.2, 0.25) is 5.91 Å². The minimum atomic E-state index is -1.07. The van der Waals surface area contributed by atoms with Crippen molar-refractivity contribution < 1.29 is 14.7 Å². The Labute approximate surface area is 105 Å². The second-order valence-corrected chi connectivity index (χ2v) is 4.13. The van der Waals surface area contributed by atoms with Gasteiger partial charge in [-0.15, -0.1) is 0 Å². The topological polar surface area (TPSA) is 91.3 Å². The van der Waals surface area contributed by atoms with E-state index in [2.05, 4.69) is 15.6 Å². The van der Waals surface area contributed by atoms with Crippen molar-refractivity contribution in [3.8, 4) is 0 Å². The number of rotatable bonds is 6. The van der Waals surface area contributed by atoms with Crippen molar-refractivity contribution in [2.45, 2.75) is 26.3 Å². The Morgan fingerprint density at radius 2 is 2.17 bits per heavy atom. The normalized spacial score (nSPS) is 10.2. The van der Waals surface area contributed by atoms with E-state index in [0.717, 1.165) is 0 Å². The van der Waals surface area contributed by atoms with Crippen molar-refractivity contribution in [1.29, 1.82) is 0 Å². The van der Waals surface area contributed by atoms with Gasteiger partial charge < -0.3 is 15.7 Å². The van der Waals surface area contributed by atoms with Crippen LogP contribution in [-0.2, 0) is 4.79 Å². The van der Waals surface area contributed by atoms with E-state index >= 15 is 0 Å². The van der Waals surface area contributed by atoms with E-state index in [4.69, 9.17) is 5.11 Å². The first-order valence-electron chi connectivity index (χ1n) is 5.71. The molecule has 0 aliphatic heterocycles. The summed E-state index contributed by atoms with van der Waals surface area (Å²) in [5.41, 5.74) is 0.617. The zero-order valence-electron chi connectivity index (χ0n) is 10.4. The molecule has 0 fully saturated rings. The van der Waals surface area contributed by atoms with Crippen LogP contribution in [0.3, 0.4) is 0 Å². The number of carbonyl (C=O) groups is 2. The van der Waals surface area contributed by atoms with Gasteiger partial charge in [0.15, 0.2) is 0 Å². The molecular formula is C12H17N3O3. The average Bonchev–Trinajstić information content (AvgIpc) is 2.28. The smallest absolute Gasteiger partial charge is 0.354 e. The van der Waals surface area contributed by atoms with Crippen molar-refractivity contribution in [2.24, 2.45) is 0 Å². The van der Waals surface area contributed by atoms with Crippen molar-refractivity contribution >= 4 is 17.6 Å². The van der Waals surface area contributed by atoms with Crippen LogP contribution < -0.4 is 10.6 Å². The van der Waals surface area contributed by atoms with Crippen LogP contribution in [0.4, 0.5) is 5.69 Å². The molecule has 0 spiro atoms. The lowest BCUT2D eigenvalue weighted by Crippen LogP contribution is -2.31. The van der Waals surface area contributed by atoms with E-state index in [1.807, 2.05) is 13.8 Å². The van der Waals surface area contributed by atoms with E-state index in [1.165, 1.54) is 12.3 Å². The van der Waals surface area contributed by atoms with Crippen LogP contribution >= 0.6 is 0 Å². The largest absolute Gasteiger partial charge is 0.477 e. The zero-order chi connectivity index (χ0) is 13.5. The fourth-order valence-corrected chi connectivity index (χ4v) is 1.37. The van der Waals surface area contributed by atoms with E-state index < -0.39 is 5.97 Å². The van der Waals surface area contributed by atoms with Crippen molar-refractivity contribution in [3.63, 3.8) is 0 Å². The fraction of sp³-hybridized carbons (Fsp3) is 0.417. The third kappa shape index (κ3) is 4.82. The summed E-state index contributed by atoms with van der Waals surface area (Å²) in [4.78, 5) is 25.8. The van der Waals surface area contributed by atoms with Crippen LogP contribution in [0.25, 0.3) is 0 Å². The number of carbonyl (C=O) groups excluding carboxylic acids is 1. The third-order valence-electron chi connectivity index (χ3n) is 2.11. The highest BCUT2D eigenvalue weighted by molar-refractivity contribution is 5.86. The molecule has 0 saturated heterocycles. The number of amides is 1. The number of aromatic nitrogens is 1. The van der Waals surface area contributed by atoms with Gasteiger partial charge in [-0.3, -0.25) is 4.79 Å². The Balaban J connectivity index is 2.42. The zero-order valence-corrected chi connectivity index (χ0v) is 10.4. The molecule has 3 N–H and O–H groups in total. The van der Waals surface area contributed by atoms with Gasteiger partial charge in [0.05, 0.1) is 0 Å². The van der Waals surface area contributed by atoms with Crippen LogP contribution in [0.5, 0.6) is 0 Å². The number of carboxylic acids is 1. The van der Waals surface area contributed by atoms with Gasteiger partial charge in [-0.1, -0.05) is 0 Å². The highest BCUT2D eigenvalue weighted by Crippen LogP contribution is 2.07. The van der Waals surface area contributed by atoms with E-state index in [9.17, 15) is 9.59 Å². The predicted octanol–water partition coefficient (Wildman–Crippen LogP) is 1.11. The minimum absolute atomic E-state index is 0.0216. The monoisotopic (exact) mass is 251 g/mol. The van der Waals surface area contributed by atoms with Gasteiger partial charge in [-0.2, -0.15) is 0 Å². The van der Waals surface area contributed by atoms with E-state index in [-0.39, 0.29) is 17.6 Å². The number of pyridine rings is 1. The Kier molecular flexibility index (Phi) is 5.10. The summed E-state index contributed by atoms with van der Waals surface area (Å²) in [5, 5.41) is 14.5. The first kappa shape index (κ1) is 14.0. The molecule has 0 radical (unpaired) electrons. The van der Waals surface area contributed by atoms with Gasteiger partial charge >= 0.3 is 5.97 Å². The molecule has 0 saturated carbocycles. The van der Waals surface area contributed by atoms with Gasteiger partial charge in [-0.25, -0.2) is 9.78 Å². The van der Waals surface area contributed by atoms with Crippen molar-refractivity contribution in [2.75, 3.05) is 11.9 Å². The standard InChI is InChI=1S/C12H17N3O3/c1-8(2)15-11(16)4-6-13-9-3-5-14-10(7-9)12(17)18/h3,5,7-8H,4,6H2,1-2H3,(H,13,14)(H,15,16)(H,17,18). The molecule has 0 bridgehead atoms. The first-order valence-corrected chi connectivity index (χ1v) is 5.71. The molecule has 1 rings (SSSR count). The molecule has 1 amide bonds. The van der Waals surface area contributed by atoms with Gasteiger partial charge in [0.25, 0.3) is 0 Å². The number of nitrogens with zero attached hydrogens (tertiary/aromatic N) is 1. The molecule has 6 nitrogen and oxygen atoms in total. The molecule has 0 aliphatic rings. The van der Waals surface area contributed by atoms with Crippen molar-refractivity contribution in [1.82, 2.24) is 10.3 Å². The number of hydrogen-bond donors (Lipinski definition) is 3.